The van der Waals surface area contributed by atoms with Crippen LogP contribution in [0.2, 0.25) is 12.1 Å². The molecule has 0 aromatic heterocycles. The Balaban J connectivity index is 3.46. The Morgan fingerprint density at radius 2 is 1.58 bits per heavy atom. The number of hydrogen-bond acceptors (Lipinski definition) is 1. The third-order valence-corrected chi connectivity index (χ3v) is 7.96. The van der Waals surface area contributed by atoms with E-state index in [2.05, 4.69) is 0 Å². The summed E-state index contributed by atoms with van der Waals surface area (Å²) in [7, 11) is -2.48. The molecule has 0 aliphatic heterocycles. The molecule has 108 valence electrons. The standard InChI is InChI=1S/C12H15F5OSi/c1-4-19(5-2,18-3)12(16,17)8-6-7-9(13)11(15)10(8)14/h6-7H,4-5H2,1-3H3. The van der Waals surface area contributed by atoms with Crippen LogP contribution < -0.4 is 0 Å². The summed E-state index contributed by atoms with van der Waals surface area (Å²) in [6.45, 7) is 3.04. The predicted molar refractivity (Wildman–Crippen MR) is 63.9 cm³/mol. The summed E-state index contributed by atoms with van der Waals surface area (Å²) in [5.41, 5.74) is -4.77. The van der Waals surface area contributed by atoms with E-state index in [9.17, 15) is 22.0 Å². The van der Waals surface area contributed by atoms with Gasteiger partial charge in [-0.1, -0.05) is 13.8 Å². The fourth-order valence-electron chi connectivity index (χ4n) is 2.12. The van der Waals surface area contributed by atoms with Crippen LogP contribution in [0.1, 0.15) is 19.4 Å². The first kappa shape index (κ1) is 16.1. The van der Waals surface area contributed by atoms with Crippen molar-refractivity contribution in [2.24, 2.45) is 0 Å². The van der Waals surface area contributed by atoms with E-state index in [1.165, 1.54) is 13.8 Å². The Kier molecular flexibility index (Phi) is 4.73. The molecular weight excluding hydrogens is 283 g/mol. The highest BCUT2D eigenvalue weighted by Crippen LogP contribution is 2.43. The van der Waals surface area contributed by atoms with Gasteiger partial charge in [-0.15, -0.1) is 0 Å². The second-order valence-electron chi connectivity index (χ2n) is 4.20. The summed E-state index contributed by atoms with van der Waals surface area (Å²) >= 11 is 0. The van der Waals surface area contributed by atoms with Crippen molar-refractivity contribution in [1.29, 1.82) is 0 Å². The molecule has 1 aromatic rings. The lowest BCUT2D eigenvalue weighted by Gasteiger charge is -2.35. The number of halogens is 5. The number of alkyl halides is 2. The highest BCUT2D eigenvalue weighted by Gasteiger charge is 2.57. The Labute approximate surface area is 109 Å². The van der Waals surface area contributed by atoms with Crippen molar-refractivity contribution in [2.75, 3.05) is 7.11 Å². The third kappa shape index (κ3) is 2.41. The first-order valence-corrected chi connectivity index (χ1v) is 8.16. The van der Waals surface area contributed by atoms with Gasteiger partial charge in [-0.3, -0.25) is 0 Å². The van der Waals surface area contributed by atoms with Crippen molar-refractivity contribution in [1.82, 2.24) is 0 Å². The molecule has 0 bridgehead atoms. The molecule has 1 rings (SSSR count). The topological polar surface area (TPSA) is 9.23 Å². The lowest BCUT2D eigenvalue weighted by molar-refractivity contribution is 0.0471. The summed E-state index contributed by atoms with van der Waals surface area (Å²) in [5.74, 6) is -5.22. The molecule has 0 saturated heterocycles. The molecule has 0 aliphatic carbocycles. The SMILES string of the molecule is CC[Si](CC)(OC)C(F)(F)c1ccc(F)c(F)c1F. The van der Waals surface area contributed by atoms with Crippen molar-refractivity contribution in [2.45, 2.75) is 31.5 Å². The van der Waals surface area contributed by atoms with Crippen molar-refractivity contribution < 1.29 is 26.4 Å². The minimum absolute atomic E-state index is 0.0332. The van der Waals surface area contributed by atoms with E-state index in [1.807, 2.05) is 0 Å². The second kappa shape index (κ2) is 5.58. The lowest BCUT2D eigenvalue weighted by Crippen LogP contribution is -2.52. The molecule has 0 N–H and O–H groups in total. The summed E-state index contributed by atoms with van der Waals surface area (Å²) in [6, 6.07) is 1.15. The maximum absolute atomic E-state index is 14.5. The van der Waals surface area contributed by atoms with E-state index in [0.29, 0.717) is 12.1 Å². The molecule has 1 nitrogen and oxygen atoms in total. The zero-order chi connectivity index (χ0) is 14.8. The summed E-state index contributed by atoms with van der Waals surface area (Å²) in [6.07, 6.45) is 0. The molecule has 0 aliphatic rings. The van der Waals surface area contributed by atoms with Crippen LogP contribution >= 0.6 is 0 Å². The highest BCUT2D eigenvalue weighted by atomic mass is 28.4. The van der Waals surface area contributed by atoms with E-state index >= 15 is 0 Å². The highest BCUT2D eigenvalue weighted by molar-refractivity contribution is 6.75. The van der Waals surface area contributed by atoms with E-state index in [1.54, 1.807) is 0 Å². The molecule has 0 fully saturated rings. The Bertz CT molecular complexity index is 451. The van der Waals surface area contributed by atoms with Gasteiger partial charge in [0.2, 0.25) is 0 Å². The number of rotatable bonds is 5. The molecular formula is C12H15F5OSi. The average Bonchev–Trinajstić information content (AvgIpc) is 2.38. The summed E-state index contributed by atoms with van der Waals surface area (Å²) < 4.78 is 73.4. The molecule has 0 unspecified atom stereocenters. The fraction of sp³-hybridized carbons (Fsp3) is 0.500. The van der Waals surface area contributed by atoms with Crippen LogP contribution in [0.3, 0.4) is 0 Å². The Hall–Kier alpha value is -0.953. The molecule has 0 atom stereocenters. The molecule has 0 spiro atoms. The van der Waals surface area contributed by atoms with Gasteiger partial charge in [-0.05, 0) is 24.2 Å². The normalized spacial score (nSPS) is 12.8. The third-order valence-electron chi connectivity index (χ3n) is 3.48. The van der Waals surface area contributed by atoms with Crippen LogP contribution in [-0.2, 0) is 9.97 Å². The van der Waals surface area contributed by atoms with E-state index < -0.39 is 36.9 Å². The summed E-state index contributed by atoms with van der Waals surface area (Å²) in [5, 5.41) is 0. The van der Waals surface area contributed by atoms with Crippen molar-refractivity contribution >= 4 is 8.32 Å². The molecule has 0 heterocycles. The van der Waals surface area contributed by atoms with Gasteiger partial charge >= 0.3 is 0 Å². The molecule has 1 aromatic carbocycles. The molecule has 7 heteroatoms. The van der Waals surface area contributed by atoms with Crippen LogP contribution in [0.25, 0.3) is 0 Å². The minimum Gasteiger partial charge on any atom is -0.413 e. The fourth-order valence-corrected chi connectivity index (χ4v) is 5.03. The maximum Gasteiger partial charge on any atom is 0.284 e. The van der Waals surface area contributed by atoms with Crippen LogP contribution in [0.5, 0.6) is 0 Å². The van der Waals surface area contributed by atoms with Gasteiger partial charge in [0, 0.05) is 7.11 Å². The molecule has 0 radical (unpaired) electrons. The Morgan fingerprint density at radius 1 is 1.05 bits per heavy atom. The molecule has 0 amide bonds. The van der Waals surface area contributed by atoms with Crippen molar-refractivity contribution in [3.8, 4) is 0 Å². The van der Waals surface area contributed by atoms with Gasteiger partial charge in [-0.25, -0.2) is 22.0 Å². The van der Waals surface area contributed by atoms with E-state index in [4.69, 9.17) is 4.43 Å². The average molecular weight is 298 g/mol. The maximum atomic E-state index is 14.5. The van der Waals surface area contributed by atoms with E-state index in [0.717, 1.165) is 7.11 Å². The van der Waals surface area contributed by atoms with Gasteiger partial charge in [0.15, 0.2) is 17.5 Å². The van der Waals surface area contributed by atoms with Crippen molar-refractivity contribution in [3.05, 3.63) is 35.1 Å². The molecule has 0 saturated carbocycles. The zero-order valence-electron chi connectivity index (χ0n) is 10.9. The van der Waals surface area contributed by atoms with Crippen LogP contribution in [-0.4, -0.2) is 15.4 Å². The van der Waals surface area contributed by atoms with Crippen LogP contribution in [0.4, 0.5) is 22.0 Å². The van der Waals surface area contributed by atoms with Gasteiger partial charge in [0.05, 0.1) is 5.56 Å². The van der Waals surface area contributed by atoms with Gasteiger partial charge in [0.1, 0.15) is 0 Å². The smallest absolute Gasteiger partial charge is 0.284 e. The van der Waals surface area contributed by atoms with Gasteiger partial charge in [0.25, 0.3) is 13.9 Å². The Morgan fingerprint density at radius 3 is 2.00 bits per heavy atom. The van der Waals surface area contributed by atoms with Crippen LogP contribution in [0, 0.1) is 17.5 Å². The molecule has 19 heavy (non-hydrogen) atoms. The lowest BCUT2D eigenvalue weighted by atomic mass is 10.2. The van der Waals surface area contributed by atoms with Gasteiger partial charge < -0.3 is 4.43 Å². The quantitative estimate of drug-likeness (QED) is 0.446. The van der Waals surface area contributed by atoms with Crippen molar-refractivity contribution in [3.63, 3.8) is 0 Å². The predicted octanol–water partition coefficient (Wildman–Crippen LogP) is 4.37. The first-order chi connectivity index (χ1) is 8.77. The first-order valence-electron chi connectivity index (χ1n) is 5.84. The number of benzene rings is 1. The van der Waals surface area contributed by atoms with E-state index in [-0.39, 0.29) is 12.1 Å². The zero-order valence-corrected chi connectivity index (χ0v) is 11.9. The summed E-state index contributed by atoms with van der Waals surface area (Å²) in [4.78, 5) is 0. The van der Waals surface area contributed by atoms with Crippen LogP contribution in [0.15, 0.2) is 12.1 Å². The second-order valence-corrected chi connectivity index (χ2v) is 8.64. The largest absolute Gasteiger partial charge is 0.413 e. The minimum atomic E-state index is -3.64. The number of hydrogen-bond donors (Lipinski definition) is 0. The monoisotopic (exact) mass is 298 g/mol. The van der Waals surface area contributed by atoms with Gasteiger partial charge in [-0.2, -0.15) is 0 Å².